The molecule has 1 amide bonds. The summed E-state index contributed by atoms with van der Waals surface area (Å²) in [7, 11) is -3.93. The lowest BCUT2D eigenvalue weighted by Crippen LogP contribution is -2.48. The van der Waals surface area contributed by atoms with Gasteiger partial charge in [-0.1, -0.05) is 35.9 Å². The smallest absolute Gasteiger partial charge is 0.267 e. The van der Waals surface area contributed by atoms with E-state index in [0.29, 0.717) is 16.4 Å². The van der Waals surface area contributed by atoms with Crippen LogP contribution in [0.3, 0.4) is 0 Å². The van der Waals surface area contributed by atoms with E-state index in [1.54, 1.807) is 36.4 Å². The topological polar surface area (TPSA) is 75.7 Å². The Morgan fingerprint density at radius 2 is 1.77 bits per heavy atom. The van der Waals surface area contributed by atoms with E-state index in [9.17, 15) is 13.2 Å². The van der Waals surface area contributed by atoms with E-state index in [4.69, 9.17) is 16.3 Å². The molecular weight excluding hydrogens is 436 g/mol. The van der Waals surface area contributed by atoms with Crippen LogP contribution < -0.4 is 14.4 Å². The normalized spacial score (nSPS) is 15.7. The lowest BCUT2D eigenvalue weighted by molar-refractivity contribution is -0.122. The van der Waals surface area contributed by atoms with E-state index < -0.39 is 22.0 Å². The maximum Gasteiger partial charge on any atom is 0.267 e. The third-order valence-corrected chi connectivity index (χ3v) is 7.22. The first kappa shape index (κ1) is 21.2. The summed E-state index contributed by atoms with van der Waals surface area (Å²) in [6.07, 6.45) is -1.03. The number of nitrogens with one attached hydrogen (secondary N) is 1. The van der Waals surface area contributed by atoms with E-state index >= 15 is 0 Å². The Bertz CT molecular complexity index is 1250. The molecule has 4 rings (SSSR count). The highest BCUT2D eigenvalue weighted by molar-refractivity contribution is 7.92. The fourth-order valence-corrected chi connectivity index (χ4v) is 5.01. The van der Waals surface area contributed by atoms with E-state index in [0.717, 1.165) is 11.1 Å². The number of benzene rings is 3. The van der Waals surface area contributed by atoms with Crippen molar-refractivity contribution in [1.29, 1.82) is 0 Å². The second kappa shape index (κ2) is 8.24. The van der Waals surface area contributed by atoms with E-state index in [1.165, 1.54) is 22.5 Å². The van der Waals surface area contributed by atoms with Crippen LogP contribution in [0.1, 0.15) is 11.1 Å². The molecule has 3 aromatic rings. The molecule has 0 spiro atoms. The maximum absolute atomic E-state index is 13.4. The maximum atomic E-state index is 13.4. The van der Waals surface area contributed by atoms with Gasteiger partial charge >= 0.3 is 0 Å². The van der Waals surface area contributed by atoms with Crippen LogP contribution in [0.25, 0.3) is 0 Å². The number of hydrogen-bond acceptors (Lipinski definition) is 4. The summed E-state index contributed by atoms with van der Waals surface area (Å²) in [5, 5.41) is 3.19. The fraction of sp³-hybridized carbons (Fsp3) is 0.174. The van der Waals surface area contributed by atoms with E-state index in [2.05, 4.69) is 5.32 Å². The minimum atomic E-state index is -3.93. The first-order chi connectivity index (χ1) is 14.8. The van der Waals surface area contributed by atoms with Gasteiger partial charge in [0.1, 0.15) is 5.75 Å². The SMILES string of the molecule is Cc1ccc(NC(=O)C2CN(S(=O)(=O)c3ccccc3)c3cc(Cl)ccc3O2)cc1C. The Balaban J connectivity index is 1.68. The Labute approximate surface area is 186 Å². The number of nitrogens with zero attached hydrogens (tertiary/aromatic N) is 1. The molecule has 0 fully saturated rings. The van der Waals surface area contributed by atoms with Crippen LogP contribution in [-0.2, 0) is 14.8 Å². The number of aryl methyl sites for hydroxylation is 2. The Kier molecular flexibility index (Phi) is 5.64. The predicted molar refractivity (Wildman–Crippen MR) is 121 cm³/mol. The van der Waals surface area contributed by atoms with E-state index in [1.807, 2.05) is 26.0 Å². The molecule has 0 aliphatic carbocycles. The zero-order valence-electron chi connectivity index (χ0n) is 17.0. The molecule has 6 nitrogen and oxygen atoms in total. The number of anilines is 2. The summed E-state index contributed by atoms with van der Waals surface area (Å²) in [6, 6.07) is 18.3. The lowest BCUT2D eigenvalue weighted by Gasteiger charge is -2.34. The van der Waals surface area contributed by atoms with Crippen molar-refractivity contribution < 1.29 is 17.9 Å². The quantitative estimate of drug-likeness (QED) is 0.624. The predicted octanol–water partition coefficient (Wildman–Crippen LogP) is 4.55. The van der Waals surface area contributed by atoms with Gasteiger partial charge < -0.3 is 10.1 Å². The molecule has 0 saturated carbocycles. The average Bonchev–Trinajstić information content (AvgIpc) is 2.76. The van der Waals surface area contributed by atoms with Gasteiger partial charge in [-0.25, -0.2) is 8.42 Å². The standard InChI is InChI=1S/C23H21ClN2O4S/c1-15-8-10-18(12-16(15)2)25-23(27)22-14-26(20-13-17(24)9-11-21(20)30-22)31(28,29)19-6-4-3-5-7-19/h3-13,22H,14H2,1-2H3,(H,25,27). The largest absolute Gasteiger partial charge is 0.476 e. The molecule has 0 radical (unpaired) electrons. The van der Waals surface area contributed by atoms with Gasteiger partial charge in [-0.05, 0) is 67.4 Å². The molecule has 0 bridgehead atoms. The molecule has 1 N–H and O–H groups in total. The number of amides is 1. The van der Waals surface area contributed by atoms with Crippen molar-refractivity contribution in [1.82, 2.24) is 0 Å². The number of sulfonamides is 1. The zero-order valence-corrected chi connectivity index (χ0v) is 18.6. The molecule has 31 heavy (non-hydrogen) atoms. The number of rotatable bonds is 4. The summed E-state index contributed by atoms with van der Waals surface area (Å²) in [4.78, 5) is 13.1. The molecule has 1 atom stereocenters. The molecule has 0 saturated heterocycles. The molecule has 1 unspecified atom stereocenters. The van der Waals surface area contributed by atoms with Gasteiger partial charge in [-0.15, -0.1) is 0 Å². The molecule has 1 aliphatic rings. The van der Waals surface area contributed by atoms with Crippen LogP contribution in [0, 0.1) is 13.8 Å². The van der Waals surface area contributed by atoms with Crippen molar-refractivity contribution in [2.75, 3.05) is 16.2 Å². The molecule has 8 heteroatoms. The second-order valence-corrected chi connectivity index (χ2v) is 9.65. The Morgan fingerprint density at radius 3 is 2.48 bits per heavy atom. The minimum Gasteiger partial charge on any atom is -0.476 e. The van der Waals surface area contributed by atoms with Crippen LogP contribution in [0.5, 0.6) is 5.75 Å². The van der Waals surface area contributed by atoms with Gasteiger partial charge in [0.2, 0.25) is 0 Å². The third-order valence-electron chi connectivity index (χ3n) is 5.19. The Morgan fingerprint density at radius 1 is 1.03 bits per heavy atom. The number of halogens is 1. The number of ether oxygens (including phenoxy) is 1. The first-order valence-electron chi connectivity index (χ1n) is 9.68. The van der Waals surface area contributed by atoms with Gasteiger partial charge in [0.25, 0.3) is 15.9 Å². The van der Waals surface area contributed by atoms with Gasteiger partial charge in [-0.3, -0.25) is 9.10 Å². The van der Waals surface area contributed by atoms with Crippen molar-refractivity contribution >= 4 is 38.9 Å². The van der Waals surface area contributed by atoms with Crippen LogP contribution in [-0.4, -0.2) is 27.0 Å². The second-order valence-electron chi connectivity index (χ2n) is 7.36. The summed E-state index contributed by atoms with van der Waals surface area (Å²) in [5.74, 6) is -0.160. The molecule has 3 aromatic carbocycles. The van der Waals surface area contributed by atoms with Crippen LogP contribution >= 0.6 is 11.6 Å². The van der Waals surface area contributed by atoms with Crippen LogP contribution in [0.2, 0.25) is 5.02 Å². The average molecular weight is 457 g/mol. The van der Waals surface area contributed by atoms with Crippen molar-refractivity contribution in [2.45, 2.75) is 24.8 Å². The highest BCUT2D eigenvalue weighted by Crippen LogP contribution is 2.39. The minimum absolute atomic E-state index is 0.121. The summed E-state index contributed by atoms with van der Waals surface area (Å²) in [6.45, 7) is 3.76. The molecule has 0 aromatic heterocycles. The summed E-state index contributed by atoms with van der Waals surface area (Å²) >= 11 is 6.12. The molecule has 1 aliphatic heterocycles. The summed E-state index contributed by atoms with van der Waals surface area (Å²) in [5.41, 5.74) is 3.07. The highest BCUT2D eigenvalue weighted by Gasteiger charge is 2.37. The Hall–Kier alpha value is -3.03. The molecule has 160 valence electrons. The van der Waals surface area contributed by atoms with Gasteiger partial charge in [0, 0.05) is 10.7 Å². The van der Waals surface area contributed by atoms with Crippen molar-refractivity contribution in [3.63, 3.8) is 0 Å². The van der Waals surface area contributed by atoms with Crippen molar-refractivity contribution in [3.8, 4) is 5.75 Å². The number of hydrogen-bond donors (Lipinski definition) is 1. The third kappa shape index (κ3) is 4.24. The number of carbonyl (C=O) groups is 1. The molecular formula is C23H21ClN2O4S. The van der Waals surface area contributed by atoms with Gasteiger partial charge in [-0.2, -0.15) is 0 Å². The molecule has 1 heterocycles. The fourth-order valence-electron chi connectivity index (χ4n) is 3.35. The van der Waals surface area contributed by atoms with E-state index in [-0.39, 0.29) is 17.2 Å². The van der Waals surface area contributed by atoms with Crippen LogP contribution in [0.4, 0.5) is 11.4 Å². The highest BCUT2D eigenvalue weighted by atomic mass is 35.5. The monoisotopic (exact) mass is 456 g/mol. The number of carbonyl (C=O) groups excluding carboxylic acids is 1. The summed E-state index contributed by atoms with van der Waals surface area (Å²) < 4.78 is 33.8. The van der Waals surface area contributed by atoms with Crippen molar-refractivity contribution in [3.05, 3.63) is 82.9 Å². The number of fused-ring (bicyclic) bond motifs is 1. The lowest BCUT2D eigenvalue weighted by atomic mass is 10.1. The first-order valence-corrected chi connectivity index (χ1v) is 11.5. The van der Waals surface area contributed by atoms with Crippen LogP contribution in [0.15, 0.2) is 71.6 Å². The van der Waals surface area contributed by atoms with Gasteiger partial charge in [0.15, 0.2) is 6.10 Å². The zero-order chi connectivity index (χ0) is 22.2. The van der Waals surface area contributed by atoms with Crippen molar-refractivity contribution in [2.24, 2.45) is 0 Å². The van der Waals surface area contributed by atoms with Gasteiger partial charge in [0.05, 0.1) is 17.1 Å².